The van der Waals surface area contributed by atoms with Crippen molar-refractivity contribution in [2.75, 3.05) is 7.05 Å². The summed E-state index contributed by atoms with van der Waals surface area (Å²) in [6, 6.07) is 12.0. The molecule has 0 saturated heterocycles. The molecule has 0 radical (unpaired) electrons. The van der Waals surface area contributed by atoms with Gasteiger partial charge in [0.1, 0.15) is 0 Å². The summed E-state index contributed by atoms with van der Waals surface area (Å²) in [6.07, 6.45) is 3.82. The number of aryl methyl sites for hydroxylation is 2. The van der Waals surface area contributed by atoms with E-state index in [0.717, 1.165) is 0 Å². The average Bonchev–Trinajstić information content (AvgIpc) is 3.06. The highest BCUT2D eigenvalue weighted by Crippen LogP contribution is 2.35. The second kappa shape index (κ2) is 5.58. The first-order valence-electron chi connectivity index (χ1n) is 7.88. The zero-order valence-corrected chi connectivity index (χ0v) is 14.3. The van der Waals surface area contributed by atoms with Crippen molar-refractivity contribution in [1.29, 1.82) is 0 Å². The number of rotatable bonds is 3. The van der Waals surface area contributed by atoms with E-state index in [1.54, 1.807) is 11.1 Å². The molecule has 0 bridgehead atoms. The van der Waals surface area contributed by atoms with Crippen molar-refractivity contribution in [3.05, 3.63) is 56.8 Å². The molecule has 2 heteroatoms. The van der Waals surface area contributed by atoms with Gasteiger partial charge >= 0.3 is 0 Å². The molecular weight excluding hydrogens is 274 g/mol. The van der Waals surface area contributed by atoms with Gasteiger partial charge in [-0.15, -0.1) is 11.3 Å². The van der Waals surface area contributed by atoms with Crippen LogP contribution in [0, 0.1) is 0 Å². The fourth-order valence-corrected chi connectivity index (χ4v) is 4.36. The lowest BCUT2D eigenvalue weighted by Crippen LogP contribution is -2.16. The first-order valence-corrected chi connectivity index (χ1v) is 8.70. The van der Waals surface area contributed by atoms with Crippen LogP contribution in [0.15, 0.2) is 30.3 Å². The van der Waals surface area contributed by atoms with Crippen LogP contribution in [0.5, 0.6) is 0 Å². The van der Waals surface area contributed by atoms with Crippen molar-refractivity contribution >= 4 is 11.3 Å². The second-order valence-corrected chi connectivity index (χ2v) is 8.17. The molecule has 1 unspecified atom stereocenters. The Morgan fingerprint density at radius 3 is 2.48 bits per heavy atom. The SMILES string of the molecule is CNC(c1ccc2c(c1)CCC2)c1ccc(C(C)(C)C)s1. The Morgan fingerprint density at radius 1 is 1.05 bits per heavy atom. The Hall–Kier alpha value is -1.12. The minimum absolute atomic E-state index is 0.235. The average molecular weight is 299 g/mol. The van der Waals surface area contributed by atoms with E-state index in [1.807, 2.05) is 11.3 Å². The number of hydrogen-bond donors (Lipinski definition) is 1. The number of nitrogens with one attached hydrogen (secondary N) is 1. The van der Waals surface area contributed by atoms with Crippen LogP contribution in [0.1, 0.15) is 59.7 Å². The molecule has 0 saturated carbocycles. The van der Waals surface area contributed by atoms with E-state index < -0.39 is 0 Å². The van der Waals surface area contributed by atoms with Gasteiger partial charge in [0.05, 0.1) is 6.04 Å². The van der Waals surface area contributed by atoms with Gasteiger partial charge in [-0.2, -0.15) is 0 Å². The zero-order valence-electron chi connectivity index (χ0n) is 13.5. The summed E-state index contributed by atoms with van der Waals surface area (Å²) >= 11 is 1.94. The fraction of sp³-hybridized carbons (Fsp3) is 0.474. The number of fused-ring (bicyclic) bond motifs is 1. The lowest BCUT2D eigenvalue weighted by molar-refractivity contribution is 0.604. The van der Waals surface area contributed by atoms with Gasteiger partial charge in [-0.05, 0) is 60.5 Å². The minimum Gasteiger partial charge on any atom is -0.309 e. The normalized spacial score (nSPS) is 16.0. The lowest BCUT2D eigenvalue weighted by atomic mass is 9.95. The Labute approximate surface area is 132 Å². The van der Waals surface area contributed by atoms with Gasteiger partial charge in [-0.1, -0.05) is 39.0 Å². The topological polar surface area (TPSA) is 12.0 Å². The maximum Gasteiger partial charge on any atom is 0.0668 e. The molecule has 1 heterocycles. The van der Waals surface area contributed by atoms with Crippen LogP contribution in [0.3, 0.4) is 0 Å². The predicted molar refractivity (Wildman–Crippen MR) is 92.4 cm³/mol. The molecular formula is C19H25NS. The van der Waals surface area contributed by atoms with Crippen molar-refractivity contribution < 1.29 is 0 Å². The van der Waals surface area contributed by atoms with Crippen LogP contribution in [0.4, 0.5) is 0 Å². The predicted octanol–water partition coefficient (Wildman–Crippen LogP) is 4.84. The number of thiophene rings is 1. The van der Waals surface area contributed by atoms with Crippen LogP contribution in [-0.4, -0.2) is 7.05 Å². The Morgan fingerprint density at radius 2 is 1.81 bits per heavy atom. The molecule has 0 amide bonds. The van der Waals surface area contributed by atoms with Gasteiger partial charge in [0.15, 0.2) is 0 Å². The van der Waals surface area contributed by atoms with Gasteiger partial charge in [-0.25, -0.2) is 0 Å². The van der Waals surface area contributed by atoms with E-state index in [0.29, 0.717) is 6.04 Å². The van der Waals surface area contributed by atoms with Crippen LogP contribution >= 0.6 is 11.3 Å². The van der Waals surface area contributed by atoms with Crippen LogP contribution in [-0.2, 0) is 18.3 Å². The molecule has 1 atom stereocenters. The van der Waals surface area contributed by atoms with Gasteiger partial charge in [0, 0.05) is 9.75 Å². The first kappa shape index (κ1) is 14.8. The molecule has 1 aliphatic rings. The van der Waals surface area contributed by atoms with Crippen LogP contribution in [0.25, 0.3) is 0 Å². The largest absolute Gasteiger partial charge is 0.309 e. The Bertz CT molecular complexity index is 633. The maximum absolute atomic E-state index is 3.50. The van der Waals surface area contributed by atoms with E-state index >= 15 is 0 Å². The molecule has 0 fully saturated rings. The molecule has 1 nitrogen and oxygen atoms in total. The van der Waals surface area contributed by atoms with Crippen molar-refractivity contribution in [1.82, 2.24) is 5.32 Å². The van der Waals surface area contributed by atoms with E-state index in [-0.39, 0.29) is 5.41 Å². The van der Waals surface area contributed by atoms with E-state index in [1.165, 1.54) is 34.6 Å². The quantitative estimate of drug-likeness (QED) is 0.855. The molecule has 3 rings (SSSR count). The summed E-state index contributed by atoms with van der Waals surface area (Å²) in [6.45, 7) is 6.85. The molecule has 112 valence electrons. The van der Waals surface area contributed by atoms with E-state index in [2.05, 4.69) is 63.5 Å². The number of benzene rings is 1. The van der Waals surface area contributed by atoms with Gasteiger partial charge in [0.25, 0.3) is 0 Å². The minimum atomic E-state index is 0.235. The molecule has 0 aliphatic heterocycles. The maximum atomic E-state index is 3.50. The monoisotopic (exact) mass is 299 g/mol. The summed E-state index contributed by atoms with van der Waals surface area (Å²) in [5.74, 6) is 0. The van der Waals surface area contributed by atoms with Gasteiger partial charge in [-0.3, -0.25) is 0 Å². The molecule has 0 spiro atoms. The molecule has 1 aromatic heterocycles. The smallest absolute Gasteiger partial charge is 0.0668 e. The van der Waals surface area contributed by atoms with Crippen molar-refractivity contribution in [2.45, 2.75) is 51.5 Å². The van der Waals surface area contributed by atoms with Crippen molar-refractivity contribution in [3.63, 3.8) is 0 Å². The fourth-order valence-electron chi connectivity index (χ4n) is 3.16. The molecule has 1 N–H and O–H groups in total. The standard InChI is InChI=1S/C19H25NS/c1-19(2,3)17-11-10-16(21-17)18(20-4)15-9-8-13-6-5-7-14(13)12-15/h8-12,18,20H,5-7H2,1-4H3. The van der Waals surface area contributed by atoms with Crippen molar-refractivity contribution in [2.24, 2.45) is 0 Å². The molecule has 1 aromatic carbocycles. The van der Waals surface area contributed by atoms with E-state index in [4.69, 9.17) is 0 Å². The molecule has 21 heavy (non-hydrogen) atoms. The lowest BCUT2D eigenvalue weighted by Gasteiger charge is -2.18. The first-order chi connectivity index (χ1) is 9.99. The van der Waals surface area contributed by atoms with Gasteiger partial charge in [0.2, 0.25) is 0 Å². The molecule has 2 aromatic rings. The third-order valence-electron chi connectivity index (χ3n) is 4.40. The zero-order chi connectivity index (χ0) is 15.0. The second-order valence-electron chi connectivity index (χ2n) is 7.06. The highest BCUT2D eigenvalue weighted by atomic mass is 32.1. The molecule has 1 aliphatic carbocycles. The highest BCUT2D eigenvalue weighted by molar-refractivity contribution is 7.12. The number of hydrogen-bond acceptors (Lipinski definition) is 2. The van der Waals surface area contributed by atoms with Gasteiger partial charge < -0.3 is 5.32 Å². The van der Waals surface area contributed by atoms with E-state index in [9.17, 15) is 0 Å². The Kier molecular flexibility index (Phi) is 3.94. The third-order valence-corrected chi connectivity index (χ3v) is 5.97. The van der Waals surface area contributed by atoms with Crippen LogP contribution < -0.4 is 5.32 Å². The summed E-state index contributed by atoms with van der Waals surface area (Å²) in [5.41, 5.74) is 4.75. The van der Waals surface area contributed by atoms with Crippen molar-refractivity contribution in [3.8, 4) is 0 Å². The summed E-state index contributed by atoms with van der Waals surface area (Å²) < 4.78 is 0. The highest BCUT2D eigenvalue weighted by Gasteiger charge is 2.21. The van der Waals surface area contributed by atoms with Crippen LogP contribution in [0.2, 0.25) is 0 Å². The summed E-state index contributed by atoms with van der Waals surface area (Å²) in [5, 5.41) is 3.50. The third kappa shape index (κ3) is 2.93. The summed E-state index contributed by atoms with van der Waals surface area (Å²) in [7, 11) is 2.06. The summed E-state index contributed by atoms with van der Waals surface area (Å²) in [4.78, 5) is 2.87. The Balaban J connectivity index is 1.93.